The average Bonchev–Trinajstić information content (AvgIpc) is 2.71. The molecule has 1 aliphatic heterocycles. The second-order valence-corrected chi connectivity index (χ2v) is 4.57. The van der Waals surface area contributed by atoms with E-state index in [1.165, 1.54) is 0 Å². The molecule has 0 saturated carbocycles. The maximum Gasteiger partial charge on any atom is 0.318 e. The van der Waals surface area contributed by atoms with Gasteiger partial charge >= 0.3 is 12.0 Å². The highest BCUT2D eigenvalue weighted by atomic mass is 16.4. The predicted octanol–water partition coefficient (Wildman–Crippen LogP) is 1.57. The maximum absolute atomic E-state index is 11.9. The lowest BCUT2D eigenvalue weighted by molar-refractivity contribution is -0.137. The van der Waals surface area contributed by atoms with Gasteiger partial charge in [-0.25, -0.2) is 4.79 Å². The van der Waals surface area contributed by atoms with Crippen LogP contribution in [0.25, 0.3) is 0 Å². The molecular formula is C13H16N2O3. The molecule has 0 fully saturated rings. The van der Waals surface area contributed by atoms with Crippen LogP contribution in [-0.4, -0.2) is 28.0 Å². The van der Waals surface area contributed by atoms with Gasteiger partial charge in [0.05, 0.1) is 6.42 Å². The Hall–Kier alpha value is -2.04. The number of carbonyl (C=O) groups is 2. The number of fused-ring (bicyclic) bond motifs is 1. The third-order valence-electron chi connectivity index (χ3n) is 2.98. The van der Waals surface area contributed by atoms with Crippen LogP contribution in [0.4, 0.5) is 4.79 Å². The molecule has 1 aromatic carbocycles. The van der Waals surface area contributed by atoms with Gasteiger partial charge in [-0.05, 0) is 18.1 Å². The normalized spacial score (nSPS) is 15.1. The maximum atomic E-state index is 11.9. The molecule has 0 radical (unpaired) electrons. The van der Waals surface area contributed by atoms with E-state index in [0.717, 1.165) is 11.1 Å². The zero-order valence-corrected chi connectivity index (χ0v) is 10.2. The first kappa shape index (κ1) is 12.4. The van der Waals surface area contributed by atoms with E-state index in [0.29, 0.717) is 13.1 Å². The van der Waals surface area contributed by atoms with E-state index >= 15 is 0 Å². The summed E-state index contributed by atoms with van der Waals surface area (Å²) in [7, 11) is 0. The molecule has 2 rings (SSSR count). The first-order valence-corrected chi connectivity index (χ1v) is 5.90. The molecule has 2 amide bonds. The summed E-state index contributed by atoms with van der Waals surface area (Å²) < 4.78 is 0. The molecule has 5 nitrogen and oxygen atoms in total. The Labute approximate surface area is 105 Å². The van der Waals surface area contributed by atoms with Crippen molar-refractivity contribution in [3.05, 3.63) is 35.4 Å². The van der Waals surface area contributed by atoms with Crippen molar-refractivity contribution in [2.45, 2.75) is 32.5 Å². The standard InChI is InChI=1S/C13H16N2O3/c1-9(6-12(16)17)14-13(18)15-7-10-4-2-3-5-11(10)8-15/h2-5,9H,6-8H2,1H3,(H,14,18)(H,16,17). The first-order chi connectivity index (χ1) is 8.56. The summed E-state index contributed by atoms with van der Waals surface area (Å²) in [6.07, 6.45) is -0.0630. The smallest absolute Gasteiger partial charge is 0.318 e. The van der Waals surface area contributed by atoms with Crippen LogP contribution >= 0.6 is 0 Å². The van der Waals surface area contributed by atoms with Gasteiger partial charge in [0.2, 0.25) is 0 Å². The van der Waals surface area contributed by atoms with Gasteiger partial charge in [-0.1, -0.05) is 24.3 Å². The molecule has 1 aliphatic rings. The van der Waals surface area contributed by atoms with Gasteiger partial charge in [0.15, 0.2) is 0 Å². The van der Waals surface area contributed by atoms with Crippen molar-refractivity contribution in [1.82, 2.24) is 10.2 Å². The molecule has 0 spiro atoms. The van der Waals surface area contributed by atoms with Gasteiger partial charge in [-0.15, -0.1) is 0 Å². The van der Waals surface area contributed by atoms with Crippen LogP contribution in [0.5, 0.6) is 0 Å². The highest BCUT2D eigenvalue weighted by Crippen LogP contribution is 2.21. The molecule has 1 heterocycles. The van der Waals surface area contributed by atoms with E-state index in [9.17, 15) is 9.59 Å². The number of hydrogen-bond acceptors (Lipinski definition) is 2. The first-order valence-electron chi connectivity index (χ1n) is 5.90. The number of hydrogen-bond donors (Lipinski definition) is 2. The molecule has 0 saturated heterocycles. The molecule has 2 N–H and O–H groups in total. The molecular weight excluding hydrogens is 232 g/mol. The Kier molecular flexibility index (Phi) is 3.50. The lowest BCUT2D eigenvalue weighted by Gasteiger charge is -2.19. The van der Waals surface area contributed by atoms with Crippen molar-refractivity contribution in [3.8, 4) is 0 Å². The van der Waals surface area contributed by atoms with Crippen LogP contribution in [0.1, 0.15) is 24.5 Å². The monoisotopic (exact) mass is 248 g/mol. The van der Waals surface area contributed by atoms with Gasteiger partial charge in [0.25, 0.3) is 0 Å². The fourth-order valence-corrected chi connectivity index (χ4v) is 2.09. The number of carboxylic acid groups (broad SMARTS) is 1. The summed E-state index contributed by atoms with van der Waals surface area (Å²) >= 11 is 0. The third kappa shape index (κ3) is 2.80. The highest BCUT2D eigenvalue weighted by Gasteiger charge is 2.23. The van der Waals surface area contributed by atoms with E-state index in [-0.39, 0.29) is 18.5 Å². The van der Waals surface area contributed by atoms with E-state index in [1.807, 2.05) is 24.3 Å². The number of nitrogens with zero attached hydrogens (tertiary/aromatic N) is 1. The summed E-state index contributed by atoms with van der Waals surface area (Å²) in [6.45, 7) is 2.86. The Bertz CT molecular complexity index is 448. The largest absolute Gasteiger partial charge is 0.481 e. The number of urea groups is 1. The van der Waals surface area contributed by atoms with Crippen LogP contribution in [0.2, 0.25) is 0 Å². The topological polar surface area (TPSA) is 69.6 Å². The van der Waals surface area contributed by atoms with Gasteiger partial charge in [-0.3, -0.25) is 4.79 Å². The van der Waals surface area contributed by atoms with Crippen LogP contribution in [0.15, 0.2) is 24.3 Å². The summed E-state index contributed by atoms with van der Waals surface area (Å²) in [4.78, 5) is 24.1. The summed E-state index contributed by atoms with van der Waals surface area (Å²) in [5, 5.41) is 11.3. The highest BCUT2D eigenvalue weighted by molar-refractivity contribution is 5.76. The summed E-state index contributed by atoms with van der Waals surface area (Å²) in [5.74, 6) is -0.910. The van der Waals surface area contributed by atoms with Crippen LogP contribution in [0, 0.1) is 0 Å². The fraction of sp³-hybridized carbons (Fsp3) is 0.385. The van der Waals surface area contributed by atoms with Crippen molar-refractivity contribution >= 4 is 12.0 Å². The van der Waals surface area contributed by atoms with Crippen LogP contribution in [-0.2, 0) is 17.9 Å². The third-order valence-corrected chi connectivity index (χ3v) is 2.98. The molecule has 96 valence electrons. The fourth-order valence-electron chi connectivity index (χ4n) is 2.09. The minimum Gasteiger partial charge on any atom is -0.481 e. The van der Waals surface area contributed by atoms with E-state index in [1.54, 1.807) is 11.8 Å². The lowest BCUT2D eigenvalue weighted by atomic mass is 10.1. The Morgan fingerprint density at radius 3 is 2.39 bits per heavy atom. The van der Waals surface area contributed by atoms with Crippen LogP contribution < -0.4 is 5.32 Å². The van der Waals surface area contributed by atoms with Crippen molar-refractivity contribution < 1.29 is 14.7 Å². The average molecular weight is 248 g/mol. The molecule has 0 aliphatic carbocycles. The summed E-state index contributed by atoms with van der Waals surface area (Å²) in [5.41, 5.74) is 2.30. The number of carboxylic acids is 1. The zero-order valence-electron chi connectivity index (χ0n) is 10.2. The predicted molar refractivity (Wildman–Crippen MR) is 65.9 cm³/mol. The number of benzene rings is 1. The molecule has 18 heavy (non-hydrogen) atoms. The van der Waals surface area contributed by atoms with Gasteiger partial charge in [0, 0.05) is 19.1 Å². The van der Waals surface area contributed by atoms with Gasteiger partial charge in [0.1, 0.15) is 0 Å². The Balaban J connectivity index is 1.91. The van der Waals surface area contributed by atoms with Crippen molar-refractivity contribution in [2.75, 3.05) is 0 Å². The minimum absolute atomic E-state index is 0.0630. The van der Waals surface area contributed by atoms with E-state index in [2.05, 4.69) is 5.32 Å². The second kappa shape index (κ2) is 5.08. The van der Waals surface area contributed by atoms with Gasteiger partial charge in [-0.2, -0.15) is 0 Å². The molecule has 0 aromatic heterocycles. The Morgan fingerprint density at radius 1 is 1.33 bits per heavy atom. The quantitative estimate of drug-likeness (QED) is 0.853. The van der Waals surface area contributed by atoms with Crippen LogP contribution in [0.3, 0.4) is 0 Å². The van der Waals surface area contributed by atoms with Gasteiger partial charge < -0.3 is 15.3 Å². The number of aliphatic carboxylic acids is 1. The minimum atomic E-state index is -0.910. The number of nitrogens with one attached hydrogen (secondary N) is 1. The van der Waals surface area contributed by atoms with E-state index < -0.39 is 5.97 Å². The molecule has 1 unspecified atom stereocenters. The number of rotatable bonds is 3. The summed E-state index contributed by atoms with van der Waals surface area (Å²) in [6, 6.07) is 7.34. The van der Waals surface area contributed by atoms with Crippen molar-refractivity contribution in [3.63, 3.8) is 0 Å². The SMILES string of the molecule is CC(CC(=O)O)NC(=O)N1Cc2ccccc2C1. The molecule has 1 aromatic rings. The lowest BCUT2D eigenvalue weighted by Crippen LogP contribution is -2.42. The molecule has 1 atom stereocenters. The Morgan fingerprint density at radius 2 is 1.89 bits per heavy atom. The van der Waals surface area contributed by atoms with E-state index in [4.69, 9.17) is 5.11 Å². The zero-order chi connectivity index (χ0) is 13.1. The molecule has 5 heteroatoms. The second-order valence-electron chi connectivity index (χ2n) is 4.57. The van der Waals surface area contributed by atoms with Crippen molar-refractivity contribution in [1.29, 1.82) is 0 Å². The number of carbonyl (C=O) groups excluding carboxylic acids is 1. The molecule has 0 bridgehead atoms. The number of amides is 2. The van der Waals surface area contributed by atoms with Crippen molar-refractivity contribution in [2.24, 2.45) is 0 Å².